The molecule has 0 amide bonds. The van der Waals surface area contributed by atoms with Crippen molar-refractivity contribution in [3.63, 3.8) is 0 Å². The maximum atomic E-state index is 11.2. The van der Waals surface area contributed by atoms with Crippen molar-refractivity contribution in [3.05, 3.63) is 22.7 Å². The van der Waals surface area contributed by atoms with E-state index in [-0.39, 0.29) is 12.5 Å². The zero-order valence-electron chi connectivity index (χ0n) is 10.4. The molecular formula is C13H17BrN2O2. The number of halogens is 1. The van der Waals surface area contributed by atoms with Crippen LogP contribution in [0.25, 0.3) is 0 Å². The molecule has 1 aliphatic heterocycles. The van der Waals surface area contributed by atoms with Gasteiger partial charge in [0.15, 0.2) is 0 Å². The molecule has 0 spiro atoms. The third-order valence-corrected chi connectivity index (χ3v) is 3.55. The minimum absolute atomic E-state index is 0.188. The van der Waals surface area contributed by atoms with E-state index in [1.165, 1.54) is 20.0 Å². The quantitative estimate of drug-likeness (QED) is 0.868. The highest BCUT2D eigenvalue weighted by molar-refractivity contribution is 9.10. The monoisotopic (exact) mass is 312 g/mol. The summed E-state index contributed by atoms with van der Waals surface area (Å²) in [4.78, 5) is 13.5. The lowest BCUT2D eigenvalue weighted by Crippen LogP contribution is -2.21. The Bertz CT molecular complexity index is 431. The van der Waals surface area contributed by atoms with E-state index in [0.717, 1.165) is 28.9 Å². The maximum absolute atomic E-state index is 11.2. The number of carbonyl (C=O) groups is 1. The number of nitrogens with zero attached hydrogens (tertiary/aromatic N) is 1. The first-order chi connectivity index (χ1) is 8.70. The standard InChI is InChI=1S/C13H17BrN2O2/c1-18-13(17)9-15-11-8-10(14)4-5-12(11)16-6-2-3-7-16/h4-5,8,15H,2-3,6-7,9H2,1H3. The van der Waals surface area contributed by atoms with Gasteiger partial charge in [-0.15, -0.1) is 0 Å². The number of ether oxygens (including phenoxy) is 1. The van der Waals surface area contributed by atoms with Crippen molar-refractivity contribution in [1.29, 1.82) is 0 Å². The van der Waals surface area contributed by atoms with Crippen LogP contribution in [-0.2, 0) is 9.53 Å². The fraction of sp³-hybridized carbons (Fsp3) is 0.462. The van der Waals surface area contributed by atoms with Crippen LogP contribution in [0.4, 0.5) is 11.4 Å². The molecule has 1 aromatic carbocycles. The molecule has 1 heterocycles. The maximum Gasteiger partial charge on any atom is 0.325 e. The summed E-state index contributed by atoms with van der Waals surface area (Å²) in [5.74, 6) is -0.262. The van der Waals surface area contributed by atoms with Gasteiger partial charge in [-0.05, 0) is 31.0 Å². The van der Waals surface area contributed by atoms with Crippen LogP contribution in [0.5, 0.6) is 0 Å². The highest BCUT2D eigenvalue weighted by atomic mass is 79.9. The molecule has 0 unspecified atom stereocenters. The Kier molecular flexibility index (Phi) is 4.47. The van der Waals surface area contributed by atoms with Gasteiger partial charge in [-0.2, -0.15) is 0 Å². The number of carbonyl (C=O) groups excluding carboxylic acids is 1. The smallest absolute Gasteiger partial charge is 0.325 e. The Morgan fingerprint density at radius 1 is 1.44 bits per heavy atom. The number of esters is 1. The average molecular weight is 313 g/mol. The molecule has 1 N–H and O–H groups in total. The second-order valence-corrected chi connectivity index (χ2v) is 5.20. The van der Waals surface area contributed by atoms with Gasteiger partial charge in [-0.25, -0.2) is 0 Å². The molecule has 2 rings (SSSR count). The predicted octanol–water partition coefficient (Wildman–Crippen LogP) is 2.63. The number of benzene rings is 1. The number of hydrogen-bond acceptors (Lipinski definition) is 4. The lowest BCUT2D eigenvalue weighted by atomic mass is 10.2. The van der Waals surface area contributed by atoms with Crippen LogP contribution >= 0.6 is 15.9 Å². The van der Waals surface area contributed by atoms with Crippen molar-refractivity contribution >= 4 is 33.3 Å². The molecule has 0 aromatic heterocycles. The van der Waals surface area contributed by atoms with Crippen molar-refractivity contribution in [3.8, 4) is 0 Å². The number of rotatable bonds is 4. The van der Waals surface area contributed by atoms with Crippen LogP contribution in [0.1, 0.15) is 12.8 Å². The van der Waals surface area contributed by atoms with Gasteiger partial charge in [0.25, 0.3) is 0 Å². The Balaban J connectivity index is 2.15. The molecule has 98 valence electrons. The molecule has 1 fully saturated rings. The minimum Gasteiger partial charge on any atom is -0.468 e. The third kappa shape index (κ3) is 3.16. The highest BCUT2D eigenvalue weighted by Crippen LogP contribution is 2.31. The summed E-state index contributed by atoms with van der Waals surface area (Å²) in [6.45, 7) is 2.34. The molecule has 0 aliphatic carbocycles. The number of hydrogen-bond donors (Lipinski definition) is 1. The zero-order chi connectivity index (χ0) is 13.0. The lowest BCUT2D eigenvalue weighted by Gasteiger charge is -2.22. The van der Waals surface area contributed by atoms with E-state index in [1.54, 1.807) is 0 Å². The van der Waals surface area contributed by atoms with Gasteiger partial charge >= 0.3 is 5.97 Å². The van der Waals surface area contributed by atoms with E-state index in [4.69, 9.17) is 0 Å². The fourth-order valence-corrected chi connectivity index (χ4v) is 2.48. The molecule has 1 saturated heterocycles. The van der Waals surface area contributed by atoms with Gasteiger partial charge in [-0.1, -0.05) is 15.9 Å². The Morgan fingerprint density at radius 3 is 2.83 bits per heavy atom. The summed E-state index contributed by atoms with van der Waals surface area (Å²) >= 11 is 3.45. The van der Waals surface area contributed by atoms with Gasteiger partial charge in [-0.3, -0.25) is 4.79 Å². The minimum atomic E-state index is -0.262. The SMILES string of the molecule is COC(=O)CNc1cc(Br)ccc1N1CCCC1. The number of anilines is 2. The van der Waals surface area contributed by atoms with E-state index < -0.39 is 0 Å². The van der Waals surface area contributed by atoms with E-state index in [1.807, 2.05) is 12.1 Å². The molecule has 5 heteroatoms. The summed E-state index contributed by atoms with van der Waals surface area (Å²) < 4.78 is 5.64. The molecule has 0 atom stereocenters. The first kappa shape index (κ1) is 13.2. The first-order valence-electron chi connectivity index (χ1n) is 6.06. The number of nitrogens with one attached hydrogen (secondary N) is 1. The van der Waals surface area contributed by atoms with E-state index in [9.17, 15) is 4.79 Å². The highest BCUT2D eigenvalue weighted by Gasteiger charge is 2.16. The van der Waals surface area contributed by atoms with Gasteiger partial charge in [0.2, 0.25) is 0 Å². The van der Waals surface area contributed by atoms with Crippen LogP contribution in [0.15, 0.2) is 22.7 Å². The molecule has 18 heavy (non-hydrogen) atoms. The summed E-state index contributed by atoms with van der Waals surface area (Å²) in [7, 11) is 1.40. The molecule has 1 aromatic rings. The number of methoxy groups -OCH3 is 1. The lowest BCUT2D eigenvalue weighted by molar-refractivity contribution is -0.138. The average Bonchev–Trinajstić information content (AvgIpc) is 2.89. The van der Waals surface area contributed by atoms with Crippen LogP contribution in [0.3, 0.4) is 0 Å². The molecular weight excluding hydrogens is 296 g/mol. The van der Waals surface area contributed by atoms with Crippen molar-refractivity contribution in [2.75, 3.05) is 37.0 Å². The normalized spacial score (nSPS) is 14.7. The molecule has 0 bridgehead atoms. The second kappa shape index (κ2) is 6.09. The van der Waals surface area contributed by atoms with E-state index in [0.29, 0.717) is 0 Å². The van der Waals surface area contributed by atoms with Gasteiger partial charge in [0, 0.05) is 17.6 Å². The zero-order valence-corrected chi connectivity index (χ0v) is 12.0. The van der Waals surface area contributed by atoms with Crippen LogP contribution in [0.2, 0.25) is 0 Å². The fourth-order valence-electron chi connectivity index (χ4n) is 2.12. The third-order valence-electron chi connectivity index (χ3n) is 3.06. The van der Waals surface area contributed by atoms with E-state index >= 15 is 0 Å². The molecule has 4 nitrogen and oxygen atoms in total. The Morgan fingerprint density at radius 2 is 2.17 bits per heavy atom. The summed E-state index contributed by atoms with van der Waals surface area (Å²) in [6, 6.07) is 6.10. The first-order valence-corrected chi connectivity index (χ1v) is 6.85. The van der Waals surface area contributed by atoms with Crippen LogP contribution in [0, 0.1) is 0 Å². The van der Waals surface area contributed by atoms with Crippen LogP contribution in [-0.4, -0.2) is 32.7 Å². The van der Waals surface area contributed by atoms with Crippen molar-refractivity contribution in [2.24, 2.45) is 0 Å². The van der Waals surface area contributed by atoms with Gasteiger partial charge < -0.3 is 15.0 Å². The molecule has 1 aliphatic rings. The van der Waals surface area contributed by atoms with Crippen molar-refractivity contribution in [2.45, 2.75) is 12.8 Å². The predicted molar refractivity (Wildman–Crippen MR) is 76.1 cm³/mol. The largest absolute Gasteiger partial charge is 0.468 e. The summed E-state index contributed by atoms with van der Waals surface area (Å²) in [6.07, 6.45) is 2.46. The van der Waals surface area contributed by atoms with Gasteiger partial charge in [0.05, 0.1) is 18.5 Å². The van der Waals surface area contributed by atoms with Gasteiger partial charge in [0.1, 0.15) is 6.54 Å². The van der Waals surface area contributed by atoms with Crippen molar-refractivity contribution in [1.82, 2.24) is 0 Å². The van der Waals surface area contributed by atoms with E-state index in [2.05, 4.69) is 36.9 Å². The second-order valence-electron chi connectivity index (χ2n) is 4.29. The molecule has 0 radical (unpaired) electrons. The molecule has 0 saturated carbocycles. The van der Waals surface area contributed by atoms with Crippen molar-refractivity contribution < 1.29 is 9.53 Å². The Labute approximate surface area is 115 Å². The Hall–Kier alpha value is -1.23. The summed E-state index contributed by atoms with van der Waals surface area (Å²) in [5, 5.41) is 3.14. The van der Waals surface area contributed by atoms with Crippen LogP contribution < -0.4 is 10.2 Å². The topological polar surface area (TPSA) is 41.6 Å². The summed E-state index contributed by atoms with van der Waals surface area (Å²) in [5.41, 5.74) is 2.12.